The molecule has 0 saturated heterocycles. The zero-order chi connectivity index (χ0) is 10.8. The van der Waals surface area contributed by atoms with Crippen molar-refractivity contribution in [3.63, 3.8) is 0 Å². The van der Waals surface area contributed by atoms with Crippen LogP contribution in [0.25, 0.3) is 0 Å². The van der Waals surface area contributed by atoms with Crippen molar-refractivity contribution in [1.29, 1.82) is 4.78 Å². The Bertz CT molecular complexity index is 453. The Kier molecular flexibility index (Phi) is 2.85. The molecule has 0 spiro atoms. The molecule has 0 aliphatic carbocycles. The van der Waals surface area contributed by atoms with E-state index >= 15 is 0 Å². The van der Waals surface area contributed by atoms with Crippen molar-refractivity contribution in [3.05, 3.63) is 23.9 Å². The zero-order valence-corrected chi connectivity index (χ0v) is 8.63. The van der Waals surface area contributed by atoms with Crippen molar-refractivity contribution in [3.8, 4) is 0 Å². The second-order valence-electron chi connectivity index (χ2n) is 2.69. The van der Waals surface area contributed by atoms with Gasteiger partial charge in [0.1, 0.15) is 5.03 Å². The Hall–Kier alpha value is -1.43. The van der Waals surface area contributed by atoms with Crippen LogP contribution in [0.15, 0.2) is 23.4 Å². The Morgan fingerprint density at radius 2 is 2.29 bits per heavy atom. The van der Waals surface area contributed by atoms with Crippen LogP contribution in [0.4, 0.5) is 0 Å². The first-order valence-electron chi connectivity index (χ1n) is 3.74. The van der Waals surface area contributed by atoms with Gasteiger partial charge in [0.05, 0.1) is 22.4 Å². The van der Waals surface area contributed by atoms with Crippen LogP contribution in [0.3, 0.4) is 0 Å². The summed E-state index contributed by atoms with van der Waals surface area (Å²) in [6.45, 7) is 0. The smallest absolute Gasteiger partial charge is 0.340 e. The van der Waals surface area contributed by atoms with Crippen LogP contribution in [-0.4, -0.2) is 28.5 Å². The van der Waals surface area contributed by atoms with Crippen molar-refractivity contribution in [2.75, 3.05) is 13.4 Å². The quantitative estimate of drug-likeness (QED) is 0.742. The maximum atomic E-state index is 11.4. The molecule has 1 aromatic heterocycles. The highest BCUT2D eigenvalue weighted by molar-refractivity contribution is 7.91. The second-order valence-corrected chi connectivity index (χ2v) is 4.77. The third kappa shape index (κ3) is 2.08. The van der Waals surface area contributed by atoms with Crippen LogP contribution < -0.4 is 0 Å². The average Bonchev–Trinajstić information content (AvgIpc) is 2.15. The lowest BCUT2D eigenvalue weighted by Crippen LogP contribution is -2.10. The van der Waals surface area contributed by atoms with E-state index in [1.807, 2.05) is 0 Å². The molecule has 0 radical (unpaired) electrons. The predicted octanol–water partition coefficient (Wildman–Crippen LogP) is 0.904. The summed E-state index contributed by atoms with van der Waals surface area (Å²) >= 11 is 0. The molecule has 1 unspecified atom stereocenters. The molecule has 1 aromatic rings. The Morgan fingerprint density at radius 1 is 1.64 bits per heavy atom. The molecule has 1 heterocycles. The van der Waals surface area contributed by atoms with Crippen molar-refractivity contribution in [2.45, 2.75) is 5.03 Å². The number of methoxy groups -OCH3 is 1. The van der Waals surface area contributed by atoms with Gasteiger partial charge in [-0.2, -0.15) is 0 Å². The molecule has 0 saturated carbocycles. The number of hydrogen-bond donors (Lipinski definition) is 1. The van der Waals surface area contributed by atoms with Crippen molar-refractivity contribution < 1.29 is 13.7 Å². The molecule has 0 aromatic carbocycles. The molecule has 5 nitrogen and oxygen atoms in total. The van der Waals surface area contributed by atoms with Crippen LogP contribution in [0.5, 0.6) is 0 Å². The third-order valence-electron chi connectivity index (χ3n) is 1.55. The van der Waals surface area contributed by atoms with E-state index in [1.54, 1.807) is 0 Å². The summed E-state index contributed by atoms with van der Waals surface area (Å²) in [5, 5.41) is -0.0353. The molecule has 0 fully saturated rings. The summed E-state index contributed by atoms with van der Waals surface area (Å²) in [6.07, 6.45) is 2.60. The third-order valence-corrected chi connectivity index (χ3v) is 2.61. The summed E-state index contributed by atoms with van der Waals surface area (Å²) in [5.41, 5.74) is 0.0810. The van der Waals surface area contributed by atoms with Crippen molar-refractivity contribution in [2.24, 2.45) is 0 Å². The molecule has 76 valence electrons. The van der Waals surface area contributed by atoms with Crippen LogP contribution in [-0.2, 0) is 14.5 Å². The van der Waals surface area contributed by atoms with Crippen molar-refractivity contribution in [1.82, 2.24) is 4.98 Å². The Morgan fingerprint density at radius 3 is 2.79 bits per heavy atom. The monoisotopic (exact) mass is 214 g/mol. The van der Waals surface area contributed by atoms with Crippen LogP contribution in [0.2, 0.25) is 0 Å². The van der Waals surface area contributed by atoms with Gasteiger partial charge in [-0.05, 0) is 12.1 Å². The average molecular weight is 214 g/mol. The zero-order valence-electron chi connectivity index (χ0n) is 7.81. The number of hydrogen-bond acceptors (Lipinski definition) is 5. The number of carbonyl (C=O) groups is 1. The number of esters is 1. The fraction of sp³-hybridized carbons (Fsp3) is 0.250. The lowest BCUT2D eigenvalue weighted by atomic mass is 10.3. The van der Waals surface area contributed by atoms with E-state index in [1.165, 1.54) is 31.7 Å². The van der Waals surface area contributed by atoms with Gasteiger partial charge in [0.2, 0.25) is 0 Å². The van der Waals surface area contributed by atoms with E-state index in [9.17, 15) is 9.00 Å². The highest BCUT2D eigenvalue weighted by atomic mass is 32.2. The molecule has 0 aliphatic rings. The molecule has 0 aliphatic heterocycles. The summed E-state index contributed by atoms with van der Waals surface area (Å²) in [5.74, 6) is -0.630. The number of pyridine rings is 1. The molecule has 1 rings (SSSR count). The molecular weight excluding hydrogens is 204 g/mol. The summed E-state index contributed by atoms with van der Waals surface area (Å²) in [4.78, 5) is 15.0. The Balaban J connectivity index is 3.38. The van der Waals surface area contributed by atoms with Gasteiger partial charge in [0.15, 0.2) is 0 Å². The lowest BCUT2D eigenvalue weighted by Gasteiger charge is -2.05. The molecule has 14 heavy (non-hydrogen) atoms. The van der Waals surface area contributed by atoms with Crippen LogP contribution in [0.1, 0.15) is 10.4 Å². The molecule has 0 bridgehead atoms. The fourth-order valence-corrected chi connectivity index (χ4v) is 1.80. The van der Waals surface area contributed by atoms with Gasteiger partial charge in [-0.25, -0.2) is 18.8 Å². The Labute approximate surface area is 82.1 Å². The van der Waals surface area contributed by atoms with Gasteiger partial charge in [0.25, 0.3) is 0 Å². The standard InChI is InChI=1S/C8H10N2O3S/c1-13-8(11)6-4-3-5-10-7(6)14(2,9)12/h3-5,9H,1-2H3. The topological polar surface area (TPSA) is 80.1 Å². The maximum absolute atomic E-state index is 11.4. The van der Waals surface area contributed by atoms with Gasteiger partial charge < -0.3 is 4.74 Å². The number of ether oxygens (including phenoxy) is 1. The van der Waals surface area contributed by atoms with Gasteiger partial charge in [0, 0.05) is 12.5 Å². The summed E-state index contributed by atoms with van der Waals surface area (Å²) in [6, 6.07) is 2.97. The molecule has 6 heteroatoms. The van der Waals surface area contributed by atoms with E-state index in [0.29, 0.717) is 0 Å². The van der Waals surface area contributed by atoms with Gasteiger partial charge in [-0.1, -0.05) is 0 Å². The maximum Gasteiger partial charge on any atom is 0.340 e. The fourth-order valence-electron chi connectivity index (χ4n) is 0.967. The molecule has 1 atom stereocenters. The van der Waals surface area contributed by atoms with Crippen LogP contribution in [0, 0.1) is 4.78 Å². The SMILES string of the molecule is COC(=O)c1cccnc1S(C)(=N)=O. The minimum Gasteiger partial charge on any atom is -0.465 e. The van der Waals surface area contributed by atoms with Gasteiger partial charge >= 0.3 is 5.97 Å². The van der Waals surface area contributed by atoms with E-state index in [2.05, 4.69) is 9.72 Å². The largest absolute Gasteiger partial charge is 0.465 e. The number of nitrogens with one attached hydrogen (secondary N) is 1. The number of aromatic nitrogens is 1. The number of carbonyl (C=O) groups excluding carboxylic acids is 1. The van der Waals surface area contributed by atoms with Gasteiger partial charge in [-0.15, -0.1) is 0 Å². The highest BCUT2D eigenvalue weighted by Gasteiger charge is 2.17. The first-order valence-corrected chi connectivity index (χ1v) is 5.70. The molecular formula is C8H10N2O3S. The predicted molar refractivity (Wildman–Crippen MR) is 50.6 cm³/mol. The molecule has 1 N–H and O–H groups in total. The number of rotatable bonds is 2. The van der Waals surface area contributed by atoms with E-state index < -0.39 is 15.7 Å². The normalized spacial score (nSPS) is 14.4. The minimum absolute atomic E-state index is 0.0353. The van der Waals surface area contributed by atoms with Crippen molar-refractivity contribution >= 4 is 15.7 Å². The van der Waals surface area contributed by atoms with E-state index in [-0.39, 0.29) is 10.6 Å². The van der Waals surface area contributed by atoms with E-state index in [4.69, 9.17) is 4.78 Å². The summed E-state index contributed by atoms with van der Waals surface area (Å²) in [7, 11) is -1.78. The second kappa shape index (κ2) is 3.75. The highest BCUT2D eigenvalue weighted by Crippen LogP contribution is 2.13. The van der Waals surface area contributed by atoms with Gasteiger partial charge in [-0.3, -0.25) is 0 Å². The lowest BCUT2D eigenvalue weighted by molar-refractivity contribution is 0.0595. The first kappa shape index (κ1) is 10.6. The van der Waals surface area contributed by atoms with Crippen LogP contribution >= 0.6 is 0 Å². The molecule has 0 amide bonds. The number of nitrogens with zero attached hydrogens (tertiary/aromatic N) is 1. The first-order chi connectivity index (χ1) is 6.46. The summed E-state index contributed by atoms with van der Waals surface area (Å²) < 4.78 is 23.2. The van der Waals surface area contributed by atoms with E-state index in [0.717, 1.165) is 0 Å². The minimum atomic E-state index is -3.00.